The van der Waals surface area contributed by atoms with Gasteiger partial charge in [-0.15, -0.1) is 0 Å². The lowest BCUT2D eigenvalue weighted by Crippen LogP contribution is -2.10. The van der Waals surface area contributed by atoms with Gasteiger partial charge in [-0.05, 0) is 31.2 Å². The smallest absolute Gasteiger partial charge is 0.252 e. The molecule has 2 rings (SSSR count). The number of rotatable bonds is 2. The maximum absolute atomic E-state index is 12.7. The molecule has 0 radical (unpaired) electrons. The van der Waals surface area contributed by atoms with E-state index in [0.29, 0.717) is 17.3 Å². The number of hydrogen-bond donors (Lipinski definition) is 2. The highest BCUT2D eigenvalue weighted by Crippen LogP contribution is 2.12. The van der Waals surface area contributed by atoms with Gasteiger partial charge in [0, 0.05) is 18.9 Å². The minimum absolute atomic E-state index is 0. The van der Waals surface area contributed by atoms with Crippen LogP contribution in [0.25, 0.3) is 0 Å². The minimum atomic E-state index is -0.309. The summed E-state index contributed by atoms with van der Waals surface area (Å²) >= 11 is 0. The van der Waals surface area contributed by atoms with Crippen LogP contribution in [0.5, 0.6) is 0 Å². The molecule has 1 aromatic heterocycles. The Labute approximate surface area is 92.7 Å². The van der Waals surface area contributed by atoms with Crippen LogP contribution in [0.2, 0.25) is 0 Å². The highest BCUT2D eigenvalue weighted by Gasteiger charge is 1.98. The van der Waals surface area contributed by atoms with Gasteiger partial charge in [-0.3, -0.25) is 9.78 Å². The second-order valence-corrected chi connectivity index (χ2v) is 3.37. The van der Waals surface area contributed by atoms with Gasteiger partial charge in [-0.2, -0.15) is 0 Å². The van der Waals surface area contributed by atoms with Crippen molar-refractivity contribution in [1.29, 1.82) is 0 Å². The highest BCUT2D eigenvalue weighted by atomic mass is 19.1. The molecule has 1 heterocycles. The number of nitrogens with one attached hydrogen (secondary N) is 2. The number of benzene rings is 1. The summed E-state index contributed by atoms with van der Waals surface area (Å²) in [7, 11) is 0. The number of aryl methyl sites for hydroxylation is 1. The third-order valence-electron chi connectivity index (χ3n) is 1.98. The van der Waals surface area contributed by atoms with Gasteiger partial charge in [-0.1, -0.05) is 0 Å². The Bertz CT molecular complexity index is 553. The van der Waals surface area contributed by atoms with E-state index in [0.717, 1.165) is 0 Å². The average molecular weight is 221 g/mol. The van der Waals surface area contributed by atoms with E-state index in [1.54, 1.807) is 19.1 Å². The van der Waals surface area contributed by atoms with E-state index in [9.17, 15) is 9.18 Å². The Morgan fingerprint density at radius 2 is 2.06 bits per heavy atom. The second kappa shape index (κ2) is 4.14. The van der Waals surface area contributed by atoms with Crippen molar-refractivity contribution in [2.45, 2.75) is 6.92 Å². The van der Waals surface area contributed by atoms with Crippen LogP contribution in [0.15, 0.2) is 35.1 Å². The number of aromatic amines is 1. The van der Waals surface area contributed by atoms with Gasteiger partial charge in [0.05, 0.1) is 0 Å². The molecule has 0 atom stereocenters. The van der Waals surface area contributed by atoms with Gasteiger partial charge < -0.3 is 5.32 Å². The average Bonchev–Trinajstić information content (AvgIpc) is 2.20. The van der Waals surface area contributed by atoms with E-state index in [4.69, 9.17) is 0 Å². The molecule has 0 unspecified atom stereocenters. The van der Waals surface area contributed by atoms with Crippen molar-refractivity contribution in [3.8, 4) is 0 Å². The maximum Gasteiger partial charge on any atom is 0.252 e. The molecule has 0 aliphatic heterocycles. The summed E-state index contributed by atoms with van der Waals surface area (Å²) in [5.74, 6) is 0.0350. The lowest BCUT2D eigenvalue weighted by molar-refractivity contribution is 0.628. The molecule has 2 N–H and O–H groups in total. The van der Waals surface area contributed by atoms with E-state index in [-0.39, 0.29) is 12.8 Å². The topological polar surface area (TPSA) is 57.8 Å². The Kier molecular flexibility index (Phi) is 2.68. The quantitative estimate of drug-likeness (QED) is 0.817. The van der Waals surface area contributed by atoms with Crippen LogP contribution in [0.4, 0.5) is 16.0 Å². The first-order chi connectivity index (χ1) is 7.63. The molecule has 0 saturated carbocycles. The van der Waals surface area contributed by atoms with Crippen molar-refractivity contribution >= 4 is 11.6 Å². The largest absolute Gasteiger partial charge is 0.326 e. The third kappa shape index (κ3) is 2.44. The van der Waals surface area contributed by atoms with Crippen LogP contribution in [-0.4, -0.2) is 9.97 Å². The zero-order valence-electron chi connectivity index (χ0n) is 8.62. The zero-order chi connectivity index (χ0) is 11.5. The van der Waals surface area contributed by atoms with Crippen molar-refractivity contribution in [1.82, 2.24) is 9.97 Å². The number of halogens is 1. The first-order valence-electron chi connectivity index (χ1n) is 4.74. The standard InChI is InChI=1S/C11H10FN3O.H2/c1-7-6-10(16)15-11(13-7)14-9-4-2-8(12)3-5-9;/h2-6H,1H3,(H2,13,14,15,16);1H. The Hall–Kier alpha value is -2.17. The molecular formula is C11H12FN3O. The lowest BCUT2D eigenvalue weighted by Gasteiger charge is -2.05. The summed E-state index contributed by atoms with van der Waals surface area (Å²) in [4.78, 5) is 17.8. The van der Waals surface area contributed by atoms with Crippen LogP contribution in [-0.2, 0) is 0 Å². The summed E-state index contributed by atoms with van der Waals surface area (Å²) in [5.41, 5.74) is 1.06. The van der Waals surface area contributed by atoms with E-state index in [1.807, 2.05) is 0 Å². The summed E-state index contributed by atoms with van der Waals surface area (Å²) < 4.78 is 12.7. The van der Waals surface area contributed by atoms with Crippen molar-refractivity contribution in [3.05, 3.63) is 52.2 Å². The van der Waals surface area contributed by atoms with E-state index >= 15 is 0 Å². The van der Waals surface area contributed by atoms with E-state index in [1.165, 1.54) is 18.2 Å². The second-order valence-electron chi connectivity index (χ2n) is 3.37. The van der Waals surface area contributed by atoms with Crippen LogP contribution in [0.3, 0.4) is 0 Å². The molecule has 0 aliphatic carbocycles. The molecule has 0 amide bonds. The fraction of sp³-hybridized carbons (Fsp3) is 0.0909. The molecule has 0 saturated heterocycles. The number of hydrogen-bond acceptors (Lipinski definition) is 3. The predicted octanol–water partition coefficient (Wildman–Crippen LogP) is 2.21. The van der Waals surface area contributed by atoms with Crippen molar-refractivity contribution < 1.29 is 5.82 Å². The van der Waals surface area contributed by atoms with E-state index in [2.05, 4.69) is 15.3 Å². The van der Waals surface area contributed by atoms with Gasteiger partial charge >= 0.3 is 0 Å². The van der Waals surface area contributed by atoms with Gasteiger partial charge in [0.2, 0.25) is 5.95 Å². The molecule has 16 heavy (non-hydrogen) atoms. The Morgan fingerprint density at radius 1 is 1.38 bits per heavy atom. The first-order valence-corrected chi connectivity index (χ1v) is 4.74. The third-order valence-corrected chi connectivity index (χ3v) is 1.98. The molecule has 0 bridgehead atoms. The predicted molar refractivity (Wildman–Crippen MR) is 61.4 cm³/mol. The SMILES string of the molecule is Cc1cc(=O)[nH]c(Nc2ccc(F)cc2)n1.[HH]. The van der Waals surface area contributed by atoms with Crippen LogP contribution >= 0.6 is 0 Å². The van der Waals surface area contributed by atoms with Gasteiger partial charge in [0.25, 0.3) is 5.56 Å². The molecular weight excluding hydrogens is 209 g/mol. The summed E-state index contributed by atoms with van der Waals surface area (Å²) in [6.45, 7) is 1.73. The van der Waals surface area contributed by atoms with Gasteiger partial charge in [0.1, 0.15) is 5.82 Å². The monoisotopic (exact) mass is 221 g/mol. The molecule has 0 aliphatic rings. The molecule has 0 fully saturated rings. The number of H-pyrrole nitrogens is 1. The molecule has 5 heteroatoms. The Morgan fingerprint density at radius 3 is 2.69 bits per heavy atom. The molecule has 84 valence electrons. The highest BCUT2D eigenvalue weighted by molar-refractivity contribution is 5.52. The minimum Gasteiger partial charge on any atom is -0.326 e. The maximum atomic E-state index is 12.7. The van der Waals surface area contributed by atoms with Gasteiger partial charge in [0.15, 0.2) is 0 Å². The summed E-state index contributed by atoms with van der Waals surface area (Å²) in [6.07, 6.45) is 0. The first kappa shape index (κ1) is 10.4. The van der Waals surface area contributed by atoms with Crippen molar-refractivity contribution in [2.75, 3.05) is 5.32 Å². The number of aromatic nitrogens is 2. The molecule has 1 aromatic carbocycles. The number of anilines is 2. The van der Waals surface area contributed by atoms with Crippen molar-refractivity contribution in [3.63, 3.8) is 0 Å². The molecule has 2 aromatic rings. The van der Waals surface area contributed by atoms with Crippen LogP contribution in [0, 0.1) is 12.7 Å². The zero-order valence-corrected chi connectivity index (χ0v) is 8.62. The lowest BCUT2D eigenvalue weighted by atomic mass is 10.3. The van der Waals surface area contributed by atoms with Crippen LogP contribution < -0.4 is 10.9 Å². The Balaban J connectivity index is 0.00000144. The van der Waals surface area contributed by atoms with Gasteiger partial charge in [-0.25, -0.2) is 9.37 Å². The number of nitrogens with zero attached hydrogens (tertiary/aromatic N) is 1. The molecule has 4 nitrogen and oxygen atoms in total. The summed E-state index contributed by atoms with van der Waals surface area (Å²) in [5, 5.41) is 2.88. The van der Waals surface area contributed by atoms with E-state index < -0.39 is 0 Å². The van der Waals surface area contributed by atoms with Crippen LogP contribution in [0.1, 0.15) is 7.12 Å². The normalized spacial score (nSPS) is 10.1. The van der Waals surface area contributed by atoms with Crippen molar-refractivity contribution in [2.24, 2.45) is 0 Å². The fourth-order valence-corrected chi connectivity index (χ4v) is 1.31. The molecule has 0 spiro atoms. The summed E-state index contributed by atoms with van der Waals surface area (Å²) in [6, 6.07) is 7.19. The fourth-order valence-electron chi connectivity index (χ4n) is 1.31.